The monoisotopic (exact) mass is 1060 g/mol. The number of quaternary nitrogens is 1. The van der Waals surface area contributed by atoms with Gasteiger partial charge < -0.3 is 66.5 Å². The summed E-state index contributed by atoms with van der Waals surface area (Å²) in [6.07, 6.45) is -5.63. The molecule has 69 heavy (non-hydrogen) atoms. The first-order valence-corrected chi connectivity index (χ1v) is 22.6. The van der Waals surface area contributed by atoms with Crippen molar-refractivity contribution < 1.29 is 100 Å². The normalized spacial score (nSPS) is 17.9. The molecule has 3 heterocycles. The third kappa shape index (κ3) is 28.0. The summed E-state index contributed by atoms with van der Waals surface area (Å²) in [6, 6.07) is -1.77. The molecule has 0 aromatic heterocycles. The minimum atomic E-state index is -1.18. The van der Waals surface area contributed by atoms with Gasteiger partial charge in [0.25, 0.3) is 0 Å². The topological polar surface area (TPSA) is 281 Å². The number of nitrogens with one attached hydrogen (secondary N) is 1. The molecule has 2 unspecified atom stereocenters. The van der Waals surface area contributed by atoms with E-state index < -0.39 is 103 Å². The molecule has 1 fully saturated rings. The summed E-state index contributed by atoms with van der Waals surface area (Å²) in [5, 5.41) is 9.95. The Morgan fingerprint density at radius 1 is 0.739 bits per heavy atom. The quantitative estimate of drug-likeness (QED) is 0.109. The van der Waals surface area contributed by atoms with E-state index in [9.17, 15) is 42.7 Å². The Labute approximate surface area is 422 Å². The number of hydrogen-bond donors (Lipinski definition) is 2. The molecular weight excluding hydrogens is 982 g/mol. The predicted molar refractivity (Wildman–Crippen MR) is 246 cm³/mol. The van der Waals surface area contributed by atoms with Crippen LogP contribution in [0.1, 0.15) is 131 Å². The molecule has 3 aliphatic rings. The average Bonchev–Trinajstić information content (AvgIpc) is 3.95. The van der Waals surface area contributed by atoms with Crippen molar-refractivity contribution in [2.75, 3.05) is 26.8 Å². The second kappa shape index (κ2) is 33.9. The first-order chi connectivity index (χ1) is 31.8. The van der Waals surface area contributed by atoms with Gasteiger partial charge in [-0.05, 0) is 88.9 Å². The van der Waals surface area contributed by atoms with Crippen LogP contribution >= 0.6 is 23.2 Å². The summed E-state index contributed by atoms with van der Waals surface area (Å²) >= 11 is 11.4. The van der Waals surface area contributed by atoms with E-state index in [0.717, 1.165) is 0 Å². The molecule has 4 amide bonds. The third-order valence-electron chi connectivity index (χ3n) is 8.55. The summed E-state index contributed by atoms with van der Waals surface area (Å²) in [5.74, 6) is -3.40. The molecule has 0 bridgehead atoms. The van der Waals surface area contributed by atoms with Crippen molar-refractivity contribution in [2.24, 2.45) is 21.1 Å². The minimum absolute atomic E-state index is 0. The molecule has 0 aromatic rings. The lowest BCUT2D eigenvalue weighted by molar-refractivity contribution is -0.426. The van der Waals surface area contributed by atoms with Crippen LogP contribution in [0.15, 0.2) is 10.3 Å². The molecule has 22 nitrogen and oxygen atoms in total. The number of oxime groups is 2. The highest BCUT2D eigenvalue weighted by Gasteiger charge is 2.40. The van der Waals surface area contributed by atoms with Gasteiger partial charge in [0.05, 0.1) is 38.0 Å². The number of likely N-dealkylation sites (tertiary alicyclic amines) is 1. The van der Waals surface area contributed by atoms with E-state index in [0.29, 0.717) is 16.5 Å². The highest BCUT2D eigenvalue weighted by Crippen LogP contribution is 2.21. The van der Waals surface area contributed by atoms with E-state index in [1.54, 1.807) is 69.2 Å². The van der Waals surface area contributed by atoms with Gasteiger partial charge in [0.15, 0.2) is 18.2 Å². The second-order valence-electron chi connectivity index (χ2n) is 17.3. The number of rotatable bonds is 14. The zero-order valence-corrected chi connectivity index (χ0v) is 44.6. The van der Waals surface area contributed by atoms with Crippen molar-refractivity contribution in [3.05, 3.63) is 0 Å². The van der Waals surface area contributed by atoms with Crippen molar-refractivity contribution in [2.45, 2.75) is 179 Å². The maximum Gasteiger partial charge on any atom is 0.426 e. The Morgan fingerprint density at radius 2 is 1.12 bits per heavy atom. The molecule has 0 spiro atoms. The predicted octanol–water partition coefficient (Wildman–Crippen LogP) is 2.34. The zero-order valence-electron chi connectivity index (χ0n) is 43.3. The van der Waals surface area contributed by atoms with Gasteiger partial charge in [0.2, 0.25) is 30.4 Å². The van der Waals surface area contributed by atoms with Crippen LogP contribution in [-0.4, -0.2) is 144 Å². The van der Waals surface area contributed by atoms with Gasteiger partial charge in [0.1, 0.15) is 10.3 Å². The molecular formula is C43H74Cl3FN6O16. The standard InChI is InChI=1S/C16H25ClN2O7.C12H17NO6.C8H13ClN2O3.C6H15N.CH3F.ClH/c1-8(2)23-13(20)12(10-7-11(17)19-26-10)18-15(22)25-9(3)24-14(21)16(4,5)6;1-7(18-10(16)12(2,3)4)19-11(17)13-8(14)5-6-9(13)15;1-4(2)13-8(12)7(10)5-3-6(9)11-14-5;1-4-7(5-2)6-3;1-2;/h8-10,12H,7H2,1-6H3,(H,18,22);7H,5-6H2,1-4H3;4-5,7H,3,10H2,1-2H3;4-6H2,1-3H3;1H3;1H/t9?,10-,12-;;5-,7-;;;/m0.0.../s1/i;;;;1D;. The maximum absolute atomic E-state index is 12.2. The lowest BCUT2D eigenvalue weighted by atomic mass is 9.97. The van der Waals surface area contributed by atoms with Gasteiger partial charge in [-0.3, -0.25) is 23.6 Å². The Hall–Kier alpha value is -4.58. The van der Waals surface area contributed by atoms with Crippen LogP contribution < -0.4 is 23.5 Å². The molecule has 26 heteroatoms. The van der Waals surface area contributed by atoms with Crippen molar-refractivity contribution in [3.8, 4) is 0 Å². The molecule has 0 saturated carbocycles. The number of nitrogens with zero attached hydrogens (tertiary/aromatic N) is 4. The highest BCUT2D eigenvalue weighted by molar-refractivity contribution is 6.65. The van der Waals surface area contributed by atoms with E-state index in [-0.39, 0.29) is 48.9 Å². The fourth-order valence-electron chi connectivity index (χ4n) is 4.87. The SMILES string of the molecule is CC(C)OC(=O)[C@@H](NC(=O)OC(C)OC(=O)C(C)(C)C)[C@@H]1CC(Cl)=NO1.CC(C)OC(=O)[C@@H]([NH3+])[C@@H]1CC(Cl)=NO1.CC(OC(=O)N1C(=O)CCC1=O)OC(=O)C(C)(C)C.CCN(CC)CC.[2H]CF.[Cl-]. The number of alkyl carbamates (subject to hydrolysis) is 1. The number of imide groups is 3. The van der Waals surface area contributed by atoms with Crippen LogP contribution in [0.4, 0.5) is 14.0 Å². The number of hydrogen-bond acceptors (Lipinski definition) is 19. The molecule has 0 aromatic carbocycles. The number of alkyl halides is 1. The van der Waals surface area contributed by atoms with Crippen molar-refractivity contribution in [3.63, 3.8) is 0 Å². The Morgan fingerprint density at radius 3 is 1.45 bits per heavy atom. The molecule has 400 valence electrons. The van der Waals surface area contributed by atoms with Gasteiger partial charge in [0, 0.05) is 33.1 Å². The summed E-state index contributed by atoms with van der Waals surface area (Å²) in [4.78, 5) is 106. The summed E-state index contributed by atoms with van der Waals surface area (Å²) in [6.45, 7) is 29.7. The van der Waals surface area contributed by atoms with Gasteiger partial charge in [-0.15, -0.1) is 0 Å². The largest absolute Gasteiger partial charge is 1.00 e. The maximum atomic E-state index is 12.2. The number of halogens is 4. The first-order valence-electron chi connectivity index (χ1n) is 22.5. The molecule has 3 aliphatic heterocycles. The molecule has 3 rings (SSSR count). The lowest BCUT2D eigenvalue weighted by Crippen LogP contribution is -3.00. The summed E-state index contributed by atoms with van der Waals surface area (Å²) < 4.78 is 45.2. The number of ether oxygens (including phenoxy) is 6. The molecule has 0 aliphatic carbocycles. The van der Waals surface area contributed by atoms with Crippen molar-refractivity contribution >= 4 is 81.4 Å². The van der Waals surface area contributed by atoms with Crippen LogP contribution in [0.3, 0.4) is 0 Å². The number of esters is 4. The fourth-order valence-corrected chi connectivity index (χ4v) is 5.25. The van der Waals surface area contributed by atoms with E-state index in [1.165, 1.54) is 33.5 Å². The third-order valence-corrected chi connectivity index (χ3v) is 9.00. The van der Waals surface area contributed by atoms with Crippen LogP contribution in [0.5, 0.6) is 0 Å². The van der Waals surface area contributed by atoms with Crippen LogP contribution in [0.25, 0.3) is 0 Å². The highest BCUT2D eigenvalue weighted by atomic mass is 35.5. The minimum Gasteiger partial charge on any atom is -1.00 e. The van der Waals surface area contributed by atoms with Crippen LogP contribution in [0, 0.1) is 10.8 Å². The smallest absolute Gasteiger partial charge is 0.426 e. The van der Waals surface area contributed by atoms with E-state index >= 15 is 0 Å². The average molecular weight is 1060 g/mol. The Kier molecular flexibility index (Phi) is 32.6. The summed E-state index contributed by atoms with van der Waals surface area (Å²) in [7, 11) is -1.00. The molecule has 0 radical (unpaired) electrons. The molecule has 1 saturated heterocycles. The second-order valence-corrected chi connectivity index (χ2v) is 18.2. The zero-order chi connectivity index (χ0) is 54.0. The Balaban J connectivity index is -0.000000897. The fraction of sp³-hybridized carbons (Fsp3) is 0.767. The van der Waals surface area contributed by atoms with Crippen LogP contribution in [-0.2, 0) is 66.9 Å². The number of amides is 4. The number of carbonyl (C=O) groups excluding carboxylic acids is 8. The lowest BCUT2D eigenvalue weighted by Gasteiger charge is -2.24. The number of carbonyl (C=O) groups is 8. The van der Waals surface area contributed by atoms with Gasteiger partial charge in [-0.25, -0.2) is 19.2 Å². The van der Waals surface area contributed by atoms with E-state index in [4.69, 9.17) is 62.7 Å². The first kappa shape index (κ1) is 66.5. The molecule has 6 atom stereocenters. The van der Waals surface area contributed by atoms with Crippen molar-refractivity contribution in [1.29, 1.82) is 0 Å². The van der Waals surface area contributed by atoms with E-state index in [1.807, 2.05) is 0 Å². The van der Waals surface area contributed by atoms with Gasteiger partial charge >= 0.3 is 36.1 Å². The molecule has 4 N–H and O–H groups in total. The van der Waals surface area contributed by atoms with E-state index in [2.05, 4.69) is 47.0 Å². The van der Waals surface area contributed by atoms with Crippen LogP contribution in [0.2, 0.25) is 0 Å². The summed E-state index contributed by atoms with van der Waals surface area (Å²) in [5.41, 5.74) is 2.19. The van der Waals surface area contributed by atoms with Gasteiger partial charge in [-0.2, -0.15) is 4.90 Å². The van der Waals surface area contributed by atoms with Crippen molar-refractivity contribution in [1.82, 2.24) is 15.1 Å². The Bertz CT molecular complexity index is 1730. The van der Waals surface area contributed by atoms with Gasteiger partial charge in [-0.1, -0.05) is 54.3 Å².